The molecule has 4 atom stereocenters. The molecule has 2 aliphatic rings. The third-order valence-corrected chi connectivity index (χ3v) is 9.26. The van der Waals surface area contributed by atoms with E-state index in [1.165, 1.54) is 30.3 Å². The van der Waals surface area contributed by atoms with Gasteiger partial charge in [0.2, 0.25) is 0 Å². The van der Waals surface area contributed by atoms with Crippen LogP contribution in [0.5, 0.6) is 0 Å². The summed E-state index contributed by atoms with van der Waals surface area (Å²) >= 11 is 2.14. The number of carbonyl (C=O) groups excluding carboxylic acids is 2. The summed E-state index contributed by atoms with van der Waals surface area (Å²) in [6.07, 6.45) is -2.32. The van der Waals surface area contributed by atoms with Crippen molar-refractivity contribution in [2.75, 3.05) is 5.75 Å². The van der Waals surface area contributed by atoms with Gasteiger partial charge in [-0.05, 0) is 30.2 Å². The van der Waals surface area contributed by atoms with Crippen LogP contribution < -0.4 is 11.0 Å². The van der Waals surface area contributed by atoms with Gasteiger partial charge in [-0.1, -0.05) is 23.9 Å². The monoisotopic (exact) mass is 631 g/mol. The number of nitro groups is 1. The van der Waals surface area contributed by atoms with E-state index in [2.05, 4.69) is 20.6 Å². The van der Waals surface area contributed by atoms with Gasteiger partial charge in [-0.25, -0.2) is 14.7 Å². The number of nitrogens with zero attached hydrogens (tertiary/aromatic N) is 5. The summed E-state index contributed by atoms with van der Waals surface area (Å²) in [7, 11) is 0. The molecule has 0 saturated carbocycles. The number of aromatic nitrogens is 4. The van der Waals surface area contributed by atoms with Gasteiger partial charge in [0.15, 0.2) is 11.8 Å². The van der Waals surface area contributed by atoms with Crippen molar-refractivity contribution in [3.8, 4) is 0 Å². The van der Waals surface area contributed by atoms with Crippen molar-refractivity contribution in [1.29, 1.82) is 0 Å². The number of H-pyrrole nitrogens is 1. The number of amides is 2. The minimum absolute atomic E-state index is 0.0262. The van der Waals surface area contributed by atoms with Gasteiger partial charge in [-0.2, -0.15) is 14.7 Å². The summed E-state index contributed by atoms with van der Waals surface area (Å²) in [6.45, 7) is 0. The zero-order chi connectivity index (χ0) is 31.0. The number of benzene rings is 1. The van der Waals surface area contributed by atoms with Crippen LogP contribution in [0.3, 0.4) is 0 Å². The lowest BCUT2D eigenvalue weighted by Gasteiger charge is -2.50. The Kier molecular flexibility index (Phi) is 8.20. The number of carboxylic acid groups (broad SMARTS) is 2. The first-order chi connectivity index (χ1) is 20.5. The second-order valence-corrected chi connectivity index (χ2v) is 11.6. The van der Waals surface area contributed by atoms with Crippen molar-refractivity contribution < 1.29 is 39.4 Å². The van der Waals surface area contributed by atoms with E-state index < -0.39 is 62.8 Å². The van der Waals surface area contributed by atoms with Crippen LogP contribution in [0.2, 0.25) is 0 Å². The number of aliphatic hydroxyl groups excluding tert-OH is 1. The average Bonchev–Trinajstić information content (AvgIpc) is 3.36. The van der Waals surface area contributed by atoms with Gasteiger partial charge < -0.3 is 20.6 Å². The van der Waals surface area contributed by atoms with Crippen molar-refractivity contribution in [2.24, 2.45) is 0 Å². The van der Waals surface area contributed by atoms with Gasteiger partial charge in [0, 0.05) is 23.5 Å². The molecule has 3 unspecified atom stereocenters. The van der Waals surface area contributed by atoms with Crippen molar-refractivity contribution in [2.45, 2.75) is 40.6 Å². The Morgan fingerprint density at radius 1 is 1.21 bits per heavy atom. The first-order valence-electron chi connectivity index (χ1n) is 12.4. The maximum absolute atomic E-state index is 13.2. The number of carboxylic acids is 2. The van der Waals surface area contributed by atoms with Crippen LogP contribution in [0, 0.1) is 10.1 Å². The van der Waals surface area contributed by atoms with E-state index in [1.54, 1.807) is 0 Å². The lowest BCUT2D eigenvalue weighted by Crippen LogP contribution is -2.71. The molecule has 224 valence electrons. The summed E-state index contributed by atoms with van der Waals surface area (Å²) in [4.78, 5) is 73.3. The van der Waals surface area contributed by atoms with Gasteiger partial charge in [-0.3, -0.25) is 29.4 Å². The average molecular weight is 632 g/mol. The normalized spacial score (nSPS) is 19.4. The molecule has 17 nitrogen and oxygen atoms in total. The van der Waals surface area contributed by atoms with E-state index in [0.717, 1.165) is 39.0 Å². The van der Waals surface area contributed by atoms with Crippen LogP contribution in [0.4, 0.5) is 5.69 Å². The molecule has 0 radical (unpaired) electrons. The predicted octanol–water partition coefficient (Wildman–Crippen LogP) is 0.124. The number of thioether (sulfide) groups is 2. The molecule has 5 N–H and O–H groups in total. The Balaban J connectivity index is 1.40. The number of hydrogen-bond donors (Lipinski definition) is 5. The molecule has 0 spiro atoms. The van der Waals surface area contributed by atoms with Crippen LogP contribution in [-0.4, -0.2) is 91.1 Å². The number of aromatic amines is 1. The highest BCUT2D eigenvalue weighted by Crippen LogP contribution is 2.45. The number of aliphatic carboxylic acids is 2. The Hall–Kier alpha value is -4.75. The number of β-lactam (4-membered cyclic amide) rings is 1. The highest BCUT2D eigenvalue weighted by atomic mass is 32.2. The Morgan fingerprint density at radius 3 is 2.65 bits per heavy atom. The lowest BCUT2D eigenvalue weighted by molar-refractivity contribution is -0.386. The fourth-order valence-electron chi connectivity index (χ4n) is 4.70. The molecular formula is C24H21N7O10S2. The van der Waals surface area contributed by atoms with Crippen molar-refractivity contribution in [3.63, 3.8) is 0 Å². The number of carbonyl (C=O) groups is 4. The number of nitrogens with one attached hydrogen (secondary N) is 2. The van der Waals surface area contributed by atoms with Crippen molar-refractivity contribution in [1.82, 2.24) is 30.0 Å². The Morgan fingerprint density at radius 2 is 1.95 bits per heavy atom. The summed E-state index contributed by atoms with van der Waals surface area (Å²) in [5.41, 5.74) is -1.25. The molecule has 4 heterocycles. The molecule has 0 bridgehead atoms. The van der Waals surface area contributed by atoms with E-state index in [-0.39, 0.29) is 46.1 Å². The third kappa shape index (κ3) is 5.68. The smallest absolute Gasteiger partial charge is 0.364 e. The molecule has 43 heavy (non-hydrogen) atoms. The first kappa shape index (κ1) is 29.7. The van der Waals surface area contributed by atoms with Gasteiger partial charge >= 0.3 is 17.6 Å². The number of fused-ring (bicyclic) bond motifs is 2. The van der Waals surface area contributed by atoms with E-state index in [9.17, 15) is 49.4 Å². The fraction of sp³-hybridized carbons (Fsp3) is 0.292. The molecular weight excluding hydrogens is 610 g/mol. The number of hydrogen-bond acceptors (Lipinski definition) is 12. The molecule has 3 aromatic rings. The van der Waals surface area contributed by atoms with E-state index >= 15 is 0 Å². The van der Waals surface area contributed by atoms with E-state index in [0.29, 0.717) is 0 Å². The quantitative estimate of drug-likeness (QED) is 0.0816. The van der Waals surface area contributed by atoms with Crippen LogP contribution in [-0.2, 0) is 19.2 Å². The SMILES string of the molecule is O=C(O)CCC(Sc1ccc2n[nH]c(=O)n2n1)C1=C(C(=O)O)N2C(=O)C(NC(=O)C(O)c3ccccc3[N+](=O)[O-])[C@@H]2SC1. The van der Waals surface area contributed by atoms with E-state index in [1.807, 2.05) is 0 Å². The van der Waals surface area contributed by atoms with Crippen LogP contribution >= 0.6 is 23.5 Å². The summed E-state index contributed by atoms with van der Waals surface area (Å²) < 4.78 is 0.999. The second kappa shape index (κ2) is 11.9. The largest absolute Gasteiger partial charge is 0.481 e. The van der Waals surface area contributed by atoms with Crippen LogP contribution in [0.25, 0.3) is 5.65 Å². The van der Waals surface area contributed by atoms with Crippen molar-refractivity contribution in [3.05, 3.63) is 73.8 Å². The Bertz CT molecular complexity index is 1760. The number of para-hydroxylation sites is 1. The molecule has 19 heteroatoms. The maximum Gasteiger partial charge on any atom is 0.364 e. The molecule has 5 rings (SSSR count). The minimum atomic E-state index is -1.97. The standard InChI is InChI=1S/C24H21N7O10S2/c32-16(33)8-5-13(43-15-7-6-14-26-27-24(39)30(14)28-15)11-9-42-22-17(21(36)29(22)18(11)23(37)38)25-20(35)19(34)10-3-1-2-4-12(10)31(40)41/h1-4,6-7,13,17,19,22,34H,5,8-9H2,(H,25,35)(H,27,39)(H,32,33)(H,37,38)/t13?,17?,19?,22-/m0/s1. The first-order valence-corrected chi connectivity index (χ1v) is 14.4. The summed E-state index contributed by atoms with van der Waals surface area (Å²) in [5.74, 6) is -4.40. The molecule has 1 fully saturated rings. The van der Waals surface area contributed by atoms with Crippen LogP contribution in [0.15, 0.2) is 57.5 Å². The summed E-state index contributed by atoms with van der Waals surface area (Å²) in [5, 5.41) is 52.5. The molecule has 2 amide bonds. The lowest BCUT2D eigenvalue weighted by atomic mass is 9.99. The van der Waals surface area contributed by atoms with Crippen molar-refractivity contribution >= 4 is 58.6 Å². The minimum Gasteiger partial charge on any atom is -0.481 e. The zero-order valence-electron chi connectivity index (χ0n) is 21.6. The predicted molar refractivity (Wildman–Crippen MR) is 148 cm³/mol. The maximum atomic E-state index is 13.2. The highest BCUT2D eigenvalue weighted by Gasteiger charge is 2.55. The second-order valence-electron chi connectivity index (χ2n) is 9.30. The number of aliphatic hydroxyl groups is 1. The van der Waals surface area contributed by atoms with Gasteiger partial charge in [0.25, 0.3) is 17.5 Å². The topological polar surface area (TPSA) is 250 Å². The summed E-state index contributed by atoms with van der Waals surface area (Å²) in [6, 6.07) is 6.90. The van der Waals surface area contributed by atoms with Crippen LogP contribution in [0.1, 0.15) is 24.5 Å². The molecule has 1 aromatic carbocycles. The van der Waals surface area contributed by atoms with Gasteiger partial charge in [0.1, 0.15) is 22.1 Å². The molecule has 0 aliphatic carbocycles. The van der Waals surface area contributed by atoms with E-state index in [4.69, 9.17) is 0 Å². The Labute approximate surface area is 248 Å². The zero-order valence-corrected chi connectivity index (χ0v) is 23.3. The third-order valence-electron chi connectivity index (χ3n) is 6.70. The number of rotatable bonds is 11. The molecule has 1 saturated heterocycles. The van der Waals surface area contributed by atoms with Gasteiger partial charge in [-0.15, -0.1) is 11.8 Å². The molecule has 2 aliphatic heterocycles. The fourth-order valence-corrected chi connectivity index (χ4v) is 7.37. The highest BCUT2D eigenvalue weighted by molar-refractivity contribution is 8.01. The molecule has 2 aromatic heterocycles. The number of nitro benzene ring substituents is 1. The van der Waals surface area contributed by atoms with Gasteiger partial charge in [0.05, 0.1) is 10.5 Å².